The van der Waals surface area contributed by atoms with Gasteiger partial charge in [0.1, 0.15) is 5.75 Å². The molecule has 2 aromatic rings. The van der Waals surface area contributed by atoms with Crippen LogP contribution in [0.2, 0.25) is 0 Å². The van der Waals surface area contributed by atoms with Crippen LogP contribution in [-0.2, 0) is 4.79 Å². The molecule has 3 nitrogen and oxygen atoms in total. The average Bonchev–Trinajstić information content (AvgIpc) is 2.26. The van der Waals surface area contributed by atoms with Gasteiger partial charge in [0.05, 0.1) is 0 Å². The first kappa shape index (κ1) is 10.2. The van der Waals surface area contributed by atoms with Crippen LogP contribution in [0.5, 0.6) is 5.75 Å². The van der Waals surface area contributed by atoms with Crippen LogP contribution in [0.4, 0.5) is 0 Å². The van der Waals surface area contributed by atoms with Crippen molar-refractivity contribution in [3.63, 3.8) is 0 Å². The number of carbonyl (C=O) groups excluding carboxylic acids is 1. The molecule has 0 aliphatic heterocycles. The number of fused-ring (bicyclic) bond motifs is 1. The van der Waals surface area contributed by atoms with E-state index < -0.39 is 5.91 Å². The standard InChI is InChI=1S/C13H11NO2/c14-13(16)6-2-9-1-3-11-8-12(15)5-4-10(11)7-9/h1-8,15H,(H2,14,16)/b6-2-. The van der Waals surface area contributed by atoms with E-state index in [0.717, 1.165) is 16.3 Å². The molecule has 1 amide bonds. The first-order valence-corrected chi connectivity index (χ1v) is 4.85. The van der Waals surface area contributed by atoms with Crippen molar-refractivity contribution in [1.82, 2.24) is 0 Å². The Kier molecular flexibility index (Phi) is 2.60. The van der Waals surface area contributed by atoms with Gasteiger partial charge in [-0.3, -0.25) is 4.79 Å². The molecule has 80 valence electrons. The predicted molar refractivity (Wildman–Crippen MR) is 63.8 cm³/mol. The maximum Gasteiger partial charge on any atom is 0.241 e. The molecule has 0 spiro atoms. The molecule has 0 unspecified atom stereocenters. The lowest BCUT2D eigenvalue weighted by molar-refractivity contribution is -0.113. The lowest BCUT2D eigenvalue weighted by Crippen LogP contribution is -2.04. The van der Waals surface area contributed by atoms with E-state index in [1.807, 2.05) is 24.3 Å². The van der Waals surface area contributed by atoms with Gasteiger partial charge in [-0.1, -0.05) is 18.2 Å². The maximum atomic E-state index is 10.6. The zero-order valence-corrected chi connectivity index (χ0v) is 8.55. The summed E-state index contributed by atoms with van der Waals surface area (Å²) in [5.74, 6) is -0.223. The van der Waals surface area contributed by atoms with Crippen LogP contribution in [0.1, 0.15) is 5.56 Å². The highest BCUT2D eigenvalue weighted by atomic mass is 16.3. The second kappa shape index (κ2) is 4.06. The Bertz CT molecular complexity index is 573. The van der Waals surface area contributed by atoms with Gasteiger partial charge in [0, 0.05) is 6.08 Å². The predicted octanol–water partition coefficient (Wildman–Crippen LogP) is 2.04. The summed E-state index contributed by atoms with van der Waals surface area (Å²) in [6.45, 7) is 0. The van der Waals surface area contributed by atoms with E-state index in [1.165, 1.54) is 6.08 Å². The SMILES string of the molecule is NC(=O)/C=C\c1ccc2cc(O)ccc2c1. The number of phenols is 1. The number of aromatic hydroxyl groups is 1. The minimum absolute atomic E-state index is 0.243. The summed E-state index contributed by atoms with van der Waals surface area (Å²) in [5, 5.41) is 11.3. The normalized spacial score (nSPS) is 11.0. The molecule has 3 N–H and O–H groups in total. The summed E-state index contributed by atoms with van der Waals surface area (Å²) < 4.78 is 0. The highest BCUT2D eigenvalue weighted by Crippen LogP contribution is 2.21. The van der Waals surface area contributed by atoms with Gasteiger partial charge in [-0.25, -0.2) is 0 Å². The Labute approximate surface area is 92.8 Å². The van der Waals surface area contributed by atoms with Gasteiger partial charge in [0.15, 0.2) is 0 Å². The molecule has 0 saturated heterocycles. The molecule has 0 aromatic heterocycles. The van der Waals surface area contributed by atoms with Crippen LogP contribution < -0.4 is 5.73 Å². The van der Waals surface area contributed by atoms with Crippen molar-refractivity contribution in [2.75, 3.05) is 0 Å². The second-order valence-corrected chi connectivity index (χ2v) is 3.53. The van der Waals surface area contributed by atoms with Gasteiger partial charge in [-0.2, -0.15) is 0 Å². The fourth-order valence-corrected chi connectivity index (χ4v) is 1.53. The van der Waals surface area contributed by atoms with Crippen molar-refractivity contribution < 1.29 is 9.90 Å². The number of hydrogen-bond acceptors (Lipinski definition) is 2. The van der Waals surface area contributed by atoms with E-state index in [1.54, 1.807) is 18.2 Å². The van der Waals surface area contributed by atoms with Gasteiger partial charge in [0.25, 0.3) is 0 Å². The van der Waals surface area contributed by atoms with E-state index in [0.29, 0.717) is 0 Å². The van der Waals surface area contributed by atoms with E-state index in [2.05, 4.69) is 0 Å². The number of hydrogen-bond donors (Lipinski definition) is 2. The number of primary amides is 1. The van der Waals surface area contributed by atoms with E-state index in [4.69, 9.17) is 5.73 Å². The molecule has 0 aliphatic rings. The third-order valence-corrected chi connectivity index (χ3v) is 2.29. The highest BCUT2D eigenvalue weighted by Gasteiger charge is 1.96. The first-order chi connectivity index (χ1) is 7.65. The Hall–Kier alpha value is -2.29. The van der Waals surface area contributed by atoms with Crippen molar-refractivity contribution >= 4 is 22.8 Å². The van der Waals surface area contributed by atoms with Gasteiger partial charge in [-0.05, 0) is 40.6 Å². The van der Waals surface area contributed by atoms with Crippen molar-refractivity contribution in [2.24, 2.45) is 5.73 Å². The lowest BCUT2D eigenvalue weighted by Gasteiger charge is -2.00. The molecule has 2 rings (SSSR count). The lowest BCUT2D eigenvalue weighted by atomic mass is 10.1. The van der Waals surface area contributed by atoms with Crippen LogP contribution in [-0.4, -0.2) is 11.0 Å². The number of nitrogens with two attached hydrogens (primary N) is 1. The van der Waals surface area contributed by atoms with Crippen molar-refractivity contribution in [3.05, 3.63) is 48.0 Å². The van der Waals surface area contributed by atoms with Gasteiger partial charge in [-0.15, -0.1) is 0 Å². The van der Waals surface area contributed by atoms with Crippen LogP contribution in [0.25, 0.3) is 16.8 Å². The summed E-state index contributed by atoms with van der Waals surface area (Å²) in [6, 6.07) is 10.8. The molecule has 0 saturated carbocycles. The molecule has 0 bridgehead atoms. The summed E-state index contributed by atoms with van der Waals surface area (Å²) in [4.78, 5) is 10.6. The number of benzene rings is 2. The zero-order chi connectivity index (χ0) is 11.5. The Morgan fingerprint density at radius 2 is 1.81 bits per heavy atom. The Morgan fingerprint density at radius 1 is 1.12 bits per heavy atom. The van der Waals surface area contributed by atoms with E-state index >= 15 is 0 Å². The van der Waals surface area contributed by atoms with Gasteiger partial charge >= 0.3 is 0 Å². The van der Waals surface area contributed by atoms with Crippen LogP contribution in [0.3, 0.4) is 0 Å². The molecular formula is C13H11NO2. The number of carbonyl (C=O) groups is 1. The molecule has 0 fully saturated rings. The largest absolute Gasteiger partial charge is 0.508 e. The maximum absolute atomic E-state index is 10.6. The second-order valence-electron chi connectivity index (χ2n) is 3.53. The van der Waals surface area contributed by atoms with Gasteiger partial charge < -0.3 is 10.8 Å². The quantitative estimate of drug-likeness (QED) is 0.750. The minimum atomic E-state index is -0.467. The zero-order valence-electron chi connectivity index (χ0n) is 8.55. The van der Waals surface area contributed by atoms with Crippen LogP contribution in [0.15, 0.2) is 42.5 Å². The van der Waals surface area contributed by atoms with Crippen molar-refractivity contribution in [3.8, 4) is 5.75 Å². The molecule has 16 heavy (non-hydrogen) atoms. The van der Waals surface area contributed by atoms with E-state index in [9.17, 15) is 9.90 Å². The molecule has 0 heterocycles. The van der Waals surface area contributed by atoms with Gasteiger partial charge in [0.2, 0.25) is 5.91 Å². The highest BCUT2D eigenvalue weighted by molar-refractivity contribution is 5.92. The molecule has 3 heteroatoms. The molecule has 0 aliphatic carbocycles. The summed E-state index contributed by atoms with van der Waals surface area (Å²) in [6.07, 6.45) is 2.98. The van der Waals surface area contributed by atoms with Crippen LogP contribution in [0, 0.1) is 0 Å². The fraction of sp³-hybridized carbons (Fsp3) is 0. The molecule has 0 atom stereocenters. The average molecular weight is 213 g/mol. The minimum Gasteiger partial charge on any atom is -0.508 e. The number of amides is 1. The number of rotatable bonds is 2. The van der Waals surface area contributed by atoms with Crippen molar-refractivity contribution in [1.29, 1.82) is 0 Å². The number of phenolic OH excluding ortho intramolecular Hbond substituents is 1. The third kappa shape index (κ3) is 2.20. The molecule has 0 radical (unpaired) electrons. The molecular weight excluding hydrogens is 202 g/mol. The summed E-state index contributed by atoms with van der Waals surface area (Å²) in [7, 11) is 0. The molecule has 2 aromatic carbocycles. The van der Waals surface area contributed by atoms with Crippen molar-refractivity contribution in [2.45, 2.75) is 0 Å². The Morgan fingerprint density at radius 3 is 2.56 bits per heavy atom. The monoisotopic (exact) mass is 213 g/mol. The first-order valence-electron chi connectivity index (χ1n) is 4.85. The fourth-order valence-electron chi connectivity index (χ4n) is 1.53. The third-order valence-electron chi connectivity index (χ3n) is 2.29. The summed E-state index contributed by atoms with van der Waals surface area (Å²) >= 11 is 0. The van der Waals surface area contributed by atoms with Crippen LogP contribution >= 0.6 is 0 Å². The van der Waals surface area contributed by atoms with E-state index in [-0.39, 0.29) is 5.75 Å². The summed E-state index contributed by atoms with van der Waals surface area (Å²) in [5.41, 5.74) is 5.91. The Balaban J connectivity index is 2.44. The smallest absolute Gasteiger partial charge is 0.241 e. The topological polar surface area (TPSA) is 63.3 Å².